The van der Waals surface area contributed by atoms with E-state index in [-0.39, 0.29) is 36.2 Å². The molecule has 0 aliphatic heterocycles. The Labute approximate surface area is 160 Å². The van der Waals surface area contributed by atoms with E-state index in [1.807, 2.05) is 0 Å². The fourth-order valence-corrected chi connectivity index (χ4v) is 3.17. The lowest BCUT2D eigenvalue weighted by Gasteiger charge is -2.19. The van der Waals surface area contributed by atoms with Crippen LogP contribution < -0.4 is 15.7 Å². The van der Waals surface area contributed by atoms with E-state index >= 15 is 0 Å². The normalized spacial score (nSPS) is 16.8. The van der Waals surface area contributed by atoms with Gasteiger partial charge in [0.05, 0.1) is 20.1 Å². The van der Waals surface area contributed by atoms with Crippen molar-refractivity contribution in [2.75, 3.05) is 19.0 Å². The Morgan fingerprint density at radius 1 is 1.25 bits per heavy atom. The van der Waals surface area contributed by atoms with Crippen LogP contribution >= 0.6 is 0 Å². The van der Waals surface area contributed by atoms with Crippen LogP contribution in [-0.4, -0.2) is 31.4 Å². The number of carbonyl (C=O) groups excluding carboxylic acids is 3. The maximum absolute atomic E-state index is 12.0. The summed E-state index contributed by atoms with van der Waals surface area (Å²) in [4.78, 5) is 46.9. The van der Waals surface area contributed by atoms with Crippen molar-refractivity contribution in [1.29, 1.82) is 0 Å². The van der Waals surface area contributed by atoms with Gasteiger partial charge in [0.1, 0.15) is 28.6 Å². The van der Waals surface area contributed by atoms with Crippen LogP contribution in [0.1, 0.15) is 32.1 Å². The van der Waals surface area contributed by atoms with Crippen molar-refractivity contribution in [2.24, 2.45) is 5.92 Å². The summed E-state index contributed by atoms with van der Waals surface area (Å²) in [6.45, 7) is 0.111. The van der Waals surface area contributed by atoms with Crippen molar-refractivity contribution in [2.45, 2.75) is 32.1 Å². The highest BCUT2D eigenvalue weighted by atomic mass is 16.5. The van der Waals surface area contributed by atoms with E-state index < -0.39 is 11.7 Å². The third-order valence-corrected chi connectivity index (χ3v) is 4.71. The number of methoxy groups -OCH3 is 1. The number of benzene rings is 1. The summed E-state index contributed by atoms with van der Waals surface area (Å²) in [5, 5.41) is 3.00. The first-order valence-corrected chi connectivity index (χ1v) is 9.06. The lowest BCUT2D eigenvalue weighted by Crippen LogP contribution is -2.25. The standard InChI is InChI=1S/C20H21NO7/c1-26-15-7-5-13-9-16(19(24)28-18(13)11-15)21-20(25)27-8-2-3-12-4-6-14(22)10-17(12)23/h5,7,9,11-12H,2-4,6,8,10H2,1H3,(H,21,25). The van der Waals surface area contributed by atoms with Gasteiger partial charge in [0, 0.05) is 23.8 Å². The number of carbonyl (C=O) groups is 3. The average Bonchev–Trinajstić information content (AvgIpc) is 2.66. The van der Waals surface area contributed by atoms with Crippen LogP contribution in [0.25, 0.3) is 11.0 Å². The summed E-state index contributed by atoms with van der Waals surface area (Å²) in [7, 11) is 1.51. The molecular weight excluding hydrogens is 366 g/mol. The SMILES string of the molecule is COc1ccc2cc(NC(=O)OCCCC3CCC(=O)CC3=O)c(=O)oc2c1. The molecule has 0 spiro atoms. The van der Waals surface area contributed by atoms with Crippen molar-refractivity contribution in [3.05, 3.63) is 34.7 Å². The number of rotatable bonds is 6. The van der Waals surface area contributed by atoms with Crippen molar-refractivity contribution in [3.8, 4) is 5.75 Å². The Bertz CT molecular complexity index is 963. The van der Waals surface area contributed by atoms with Gasteiger partial charge >= 0.3 is 11.7 Å². The molecule has 0 radical (unpaired) electrons. The maximum atomic E-state index is 12.0. The van der Waals surface area contributed by atoms with E-state index in [4.69, 9.17) is 13.9 Å². The third-order valence-electron chi connectivity index (χ3n) is 4.71. The fraction of sp³-hybridized carbons (Fsp3) is 0.400. The summed E-state index contributed by atoms with van der Waals surface area (Å²) in [6.07, 6.45) is 1.30. The molecule has 148 valence electrons. The molecule has 8 heteroatoms. The number of anilines is 1. The van der Waals surface area contributed by atoms with Crippen LogP contribution in [0.2, 0.25) is 0 Å². The molecule has 1 aromatic carbocycles. The van der Waals surface area contributed by atoms with Crippen molar-refractivity contribution < 1.29 is 28.3 Å². The number of hydrogen-bond donors (Lipinski definition) is 1. The second kappa shape index (κ2) is 8.69. The van der Waals surface area contributed by atoms with Crippen LogP contribution in [0.4, 0.5) is 10.5 Å². The minimum absolute atomic E-state index is 0.00955. The molecule has 1 aromatic heterocycles. The minimum atomic E-state index is -0.773. The van der Waals surface area contributed by atoms with E-state index in [9.17, 15) is 19.2 Å². The second-order valence-electron chi connectivity index (χ2n) is 6.67. The van der Waals surface area contributed by atoms with Crippen molar-refractivity contribution in [3.63, 3.8) is 0 Å². The average molecular weight is 387 g/mol. The van der Waals surface area contributed by atoms with Gasteiger partial charge in [-0.25, -0.2) is 9.59 Å². The zero-order valence-corrected chi connectivity index (χ0v) is 15.5. The Morgan fingerprint density at radius 2 is 2.07 bits per heavy atom. The molecule has 1 N–H and O–H groups in total. The van der Waals surface area contributed by atoms with Crippen molar-refractivity contribution >= 4 is 34.3 Å². The molecule has 2 aromatic rings. The van der Waals surface area contributed by atoms with Gasteiger partial charge in [-0.1, -0.05) is 0 Å². The lowest BCUT2D eigenvalue weighted by molar-refractivity contribution is -0.132. The van der Waals surface area contributed by atoms with Crippen LogP contribution in [0.3, 0.4) is 0 Å². The number of fused-ring (bicyclic) bond motifs is 1. The quantitative estimate of drug-likeness (QED) is 0.460. The van der Waals surface area contributed by atoms with Crippen molar-refractivity contribution in [1.82, 2.24) is 0 Å². The molecule has 1 heterocycles. The van der Waals surface area contributed by atoms with Gasteiger partial charge in [-0.15, -0.1) is 0 Å². The van der Waals surface area contributed by atoms with E-state index in [0.29, 0.717) is 42.4 Å². The summed E-state index contributed by atoms with van der Waals surface area (Å²) in [6, 6.07) is 6.50. The Balaban J connectivity index is 1.50. The second-order valence-corrected chi connectivity index (χ2v) is 6.67. The number of ether oxygens (including phenoxy) is 2. The molecule has 1 amide bonds. The van der Waals surface area contributed by atoms with Gasteiger partial charge in [-0.2, -0.15) is 0 Å². The molecule has 0 bridgehead atoms. The Morgan fingerprint density at radius 3 is 2.82 bits per heavy atom. The van der Waals surface area contributed by atoms with Gasteiger partial charge in [-0.05, 0) is 37.5 Å². The molecule has 28 heavy (non-hydrogen) atoms. The smallest absolute Gasteiger partial charge is 0.411 e. The topological polar surface area (TPSA) is 112 Å². The summed E-state index contributed by atoms with van der Waals surface area (Å²) >= 11 is 0. The summed E-state index contributed by atoms with van der Waals surface area (Å²) in [5.41, 5.74) is -0.377. The molecular formula is C20H21NO7. The van der Waals surface area contributed by atoms with E-state index in [1.54, 1.807) is 18.2 Å². The number of hydrogen-bond acceptors (Lipinski definition) is 7. The predicted molar refractivity (Wildman–Crippen MR) is 101 cm³/mol. The molecule has 8 nitrogen and oxygen atoms in total. The van der Waals surface area contributed by atoms with Crippen LogP contribution in [-0.2, 0) is 14.3 Å². The first-order chi connectivity index (χ1) is 13.5. The monoisotopic (exact) mass is 387 g/mol. The van der Waals surface area contributed by atoms with Crippen LogP contribution in [0.15, 0.2) is 33.5 Å². The highest BCUT2D eigenvalue weighted by molar-refractivity contribution is 6.02. The molecule has 1 aliphatic carbocycles. The van der Waals surface area contributed by atoms with Gasteiger partial charge in [0.15, 0.2) is 0 Å². The Kier molecular flexibility index (Phi) is 6.08. The first-order valence-electron chi connectivity index (χ1n) is 9.06. The van der Waals surface area contributed by atoms with Gasteiger partial charge in [-0.3, -0.25) is 14.9 Å². The fourth-order valence-electron chi connectivity index (χ4n) is 3.17. The molecule has 0 saturated heterocycles. The molecule has 1 atom stereocenters. The number of Topliss-reactive ketones (excluding diaryl/α,β-unsaturated/α-hetero) is 2. The van der Waals surface area contributed by atoms with Gasteiger partial charge in [0.2, 0.25) is 0 Å². The summed E-state index contributed by atoms with van der Waals surface area (Å²) in [5.74, 6) is 0.362. The molecule has 1 unspecified atom stereocenters. The highest BCUT2D eigenvalue weighted by Gasteiger charge is 2.26. The predicted octanol–water partition coefficient (Wildman–Crippen LogP) is 3.07. The van der Waals surface area contributed by atoms with E-state index in [2.05, 4.69) is 5.32 Å². The summed E-state index contributed by atoms with van der Waals surface area (Å²) < 4.78 is 15.3. The molecule has 1 saturated carbocycles. The van der Waals surface area contributed by atoms with E-state index in [1.165, 1.54) is 13.2 Å². The van der Waals surface area contributed by atoms with Gasteiger partial charge in [0.25, 0.3) is 0 Å². The van der Waals surface area contributed by atoms with E-state index in [0.717, 1.165) is 0 Å². The first kappa shape index (κ1) is 19.6. The zero-order chi connectivity index (χ0) is 20.1. The zero-order valence-electron chi connectivity index (χ0n) is 15.5. The highest BCUT2D eigenvalue weighted by Crippen LogP contribution is 2.23. The number of nitrogens with one attached hydrogen (secondary N) is 1. The lowest BCUT2D eigenvalue weighted by atomic mass is 9.84. The molecule has 1 fully saturated rings. The minimum Gasteiger partial charge on any atom is -0.497 e. The van der Waals surface area contributed by atoms with Crippen LogP contribution in [0, 0.1) is 5.92 Å². The number of amides is 1. The molecule has 3 rings (SSSR count). The van der Waals surface area contributed by atoms with Crippen LogP contribution in [0.5, 0.6) is 5.75 Å². The Hall–Kier alpha value is -3.16. The number of ketones is 2. The van der Waals surface area contributed by atoms with Gasteiger partial charge < -0.3 is 13.9 Å². The molecule has 1 aliphatic rings. The largest absolute Gasteiger partial charge is 0.497 e. The maximum Gasteiger partial charge on any atom is 0.411 e. The third kappa shape index (κ3) is 4.76.